The molecule has 1 amide bonds. The molecule has 0 spiro atoms. The number of aromatic hydroxyl groups is 1. The van der Waals surface area contributed by atoms with Gasteiger partial charge in [-0.2, -0.15) is 0 Å². The van der Waals surface area contributed by atoms with Crippen molar-refractivity contribution in [2.45, 2.75) is 37.5 Å². The van der Waals surface area contributed by atoms with E-state index < -0.39 is 35.0 Å². The lowest BCUT2D eigenvalue weighted by atomic mass is 9.91. The lowest BCUT2D eigenvalue weighted by Crippen LogP contribution is -2.64. The molecule has 2 fully saturated rings. The van der Waals surface area contributed by atoms with Crippen molar-refractivity contribution < 1.29 is 18.7 Å². The summed E-state index contributed by atoms with van der Waals surface area (Å²) in [5, 5.41) is 12.8. The number of nitrogens with zero attached hydrogens (tertiary/aromatic N) is 4. The predicted octanol–water partition coefficient (Wildman–Crippen LogP) is 4.63. The van der Waals surface area contributed by atoms with Gasteiger partial charge in [-0.25, -0.2) is 13.8 Å². The smallest absolute Gasteiger partial charge is 0.278 e. The van der Waals surface area contributed by atoms with Crippen LogP contribution in [0.1, 0.15) is 46.9 Å². The minimum atomic E-state index is -0.978. The predicted molar refractivity (Wildman–Crippen MR) is 136 cm³/mol. The number of benzene rings is 2. The molecule has 2 aromatic heterocycles. The van der Waals surface area contributed by atoms with Gasteiger partial charge in [0, 0.05) is 29.8 Å². The Morgan fingerprint density at radius 1 is 1.03 bits per heavy atom. The SMILES string of the molecule is O=C1c2c(O)c(=O)ccn2N(C2c3ccccc3-c3scnc3-c3c2ccc(F)c3F)C2C3CCC(C3)N12. The molecule has 38 heavy (non-hydrogen) atoms. The van der Waals surface area contributed by atoms with E-state index in [2.05, 4.69) is 4.98 Å². The molecule has 4 aromatic rings. The summed E-state index contributed by atoms with van der Waals surface area (Å²) in [7, 11) is 0. The fraction of sp³-hybridized carbons (Fsp3) is 0.250. The summed E-state index contributed by atoms with van der Waals surface area (Å²) in [5.41, 5.74) is 3.51. The number of carbonyl (C=O) groups is 1. The number of rotatable bonds is 1. The number of hydrogen-bond acceptors (Lipinski definition) is 6. The van der Waals surface area contributed by atoms with Gasteiger partial charge >= 0.3 is 0 Å². The highest BCUT2D eigenvalue weighted by Gasteiger charge is 2.56. The third-order valence-corrected chi connectivity index (χ3v) is 9.41. The van der Waals surface area contributed by atoms with Crippen LogP contribution in [0.2, 0.25) is 0 Å². The average molecular weight is 531 g/mol. The third-order valence-electron chi connectivity index (χ3n) is 8.55. The van der Waals surface area contributed by atoms with E-state index in [9.17, 15) is 19.1 Å². The van der Waals surface area contributed by atoms with Crippen LogP contribution in [0.25, 0.3) is 21.7 Å². The van der Waals surface area contributed by atoms with Gasteiger partial charge in [-0.3, -0.25) is 19.3 Å². The van der Waals surface area contributed by atoms with Crippen molar-refractivity contribution in [1.82, 2.24) is 14.6 Å². The summed E-state index contributed by atoms with van der Waals surface area (Å²) in [4.78, 5) is 33.2. The highest BCUT2D eigenvalue weighted by molar-refractivity contribution is 7.13. The maximum absolute atomic E-state index is 15.7. The van der Waals surface area contributed by atoms with Gasteiger partial charge in [0.2, 0.25) is 5.43 Å². The standard InChI is InChI=1S/C28H20F2N4O3S/c29-18-8-7-17-20(21(18)30)22-26(38-12-31-22)16-4-2-1-3-15(16)23(17)34-27-13-5-6-14(11-13)33(27)28(37)24-25(36)19(35)9-10-32(24)34/h1-4,7-10,12-14,23,27,36H,5-6,11H2. The molecule has 1 saturated heterocycles. The topological polar surface area (TPSA) is 78.7 Å². The second-order valence-corrected chi connectivity index (χ2v) is 11.2. The summed E-state index contributed by atoms with van der Waals surface area (Å²) in [6, 6.07) is 10.9. The maximum Gasteiger partial charge on any atom is 0.278 e. The van der Waals surface area contributed by atoms with Crippen molar-refractivity contribution >= 4 is 17.2 Å². The largest absolute Gasteiger partial charge is 0.502 e. The Hall–Kier alpha value is -4.05. The highest BCUT2D eigenvalue weighted by atomic mass is 32.1. The van der Waals surface area contributed by atoms with E-state index in [1.54, 1.807) is 21.2 Å². The molecule has 4 atom stereocenters. The van der Waals surface area contributed by atoms with Crippen LogP contribution in [0.4, 0.5) is 8.78 Å². The van der Waals surface area contributed by atoms with Gasteiger partial charge in [-0.05, 0) is 42.0 Å². The van der Waals surface area contributed by atoms with E-state index in [-0.39, 0.29) is 29.1 Å². The number of hydrogen-bond donors (Lipinski definition) is 1. The van der Waals surface area contributed by atoms with Gasteiger partial charge < -0.3 is 10.0 Å². The second kappa shape index (κ2) is 7.50. The molecule has 1 N–H and O–H groups in total. The van der Waals surface area contributed by atoms with Crippen molar-refractivity contribution in [1.29, 1.82) is 0 Å². The minimum Gasteiger partial charge on any atom is -0.502 e. The molecule has 10 heteroatoms. The van der Waals surface area contributed by atoms with Crippen molar-refractivity contribution in [3.8, 4) is 27.4 Å². The molecule has 4 aliphatic rings. The van der Waals surface area contributed by atoms with Crippen LogP contribution >= 0.6 is 11.3 Å². The van der Waals surface area contributed by atoms with Gasteiger partial charge in [-0.15, -0.1) is 11.3 Å². The van der Waals surface area contributed by atoms with E-state index in [4.69, 9.17) is 0 Å². The first-order valence-corrected chi connectivity index (χ1v) is 13.4. The fourth-order valence-electron chi connectivity index (χ4n) is 7.07. The Balaban J connectivity index is 1.49. The fourth-order valence-corrected chi connectivity index (χ4v) is 7.91. The van der Waals surface area contributed by atoms with Crippen LogP contribution in [0, 0.1) is 17.6 Å². The Labute approximate surface area is 219 Å². The molecule has 2 aromatic carbocycles. The van der Waals surface area contributed by atoms with Gasteiger partial charge in [0.1, 0.15) is 6.17 Å². The first-order valence-electron chi connectivity index (χ1n) is 12.5. The number of aromatic nitrogens is 2. The van der Waals surface area contributed by atoms with Crippen LogP contribution in [-0.2, 0) is 0 Å². The summed E-state index contributed by atoms with van der Waals surface area (Å²) >= 11 is 1.36. The molecule has 0 radical (unpaired) electrons. The molecule has 4 unspecified atom stereocenters. The number of carbonyl (C=O) groups excluding carboxylic acids is 1. The lowest BCUT2D eigenvalue weighted by Gasteiger charge is -2.51. The van der Waals surface area contributed by atoms with Crippen molar-refractivity contribution in [2.75, 3.05) is 5.01 Å². The summed E-state index contributed by atoms with van der Waals surface area (Å²) in [6.07, 6.45) is 3.68. The van der Waals surface area contributed by atoms with Crippen molar-refractivity contribution in [3.63, 3.8) is 0 Å². The molecular weight excluding hydrogens is 510 g/mol. The Kier molecular flexibility index (Phi) is 4.34. The number of amides is 1. The first kappa shape index (κ1) is 22.0. The molecule has 2 bridgehead atoms. The van der Waals surface area contributed by atoms with Crippen LogP contribution in [-0.4, -0.2) is 37.8 Å². The highest BCUT2D eigenvalue weighted by Crippen LogP contribution is 2.53. The van der Waals surface area contributed by atoms with Crippen molar-refractivity contribution in [2.24, 2.45) is 5.92 Å². The normalized spacial score (nSPS) is 24.4. The van der Waals surface area contributed by atoms with Gasteiger partial charge in [-0.1, -0.05) is 30.3 Å². The molecule has 2 aliphatic heterocycles. The quantitative estimate of drug-likeness (QED) is 0.388. The zero-order valence-electron chi connectivity index (χ0n) is 19.8. The number of thiazole rings is 1. The molecule has 1 saturated carbocycles. The van der Waals surface area contributed by atoms with E-state index >= 15 is 4.39 Å². The van der Waals surface area contributed by atoms with Gasteiger partial charge in [0.25, 0.3) is 5.91 Å². The van der Waals surface area contributed by atoms with E-state index in [0.717, 1.165) is 41.3 Å². The lowest BCUT2D eigenvalue weighted by molar-refractivity contribution is 0.0439. The first-order chi connectivity index (χ1) is 18.5. The number of fused-ring (bicyclic) bond motifs is 11. The zero-order valence-corrected chi connectivity index (χ0v) is 20.7. The van der Waals surface area contributed by atoms with Gasteiger partial charge in [0.05, 0.1) is 22.1 Å². The van der Waals surface area contributed by atoms with Crippen LogP contribution in [0.15, 0.2) is 59.0 Å². The molecular formula is C28H20F2N4O3S. The Bertz CT molecular complexity index is 1750. The number of piperidine rings is 1. The Morgan fingerprint density at radius 2 is 1.87 bits per heavy atom. The van der Waals surface area contributed by atoms with E-state index in [0.29, 0.717) is 11.3 Å². The molecule has 4 heterocycles. The van der Waals surface area contributed by atoms with E-state index in [1.807, 2.05) is 29.3 Å². The minimum absolute atomic E-state index is 0.0165. The summed E-state index contributed by atoms with van der Waals surface area (Å²) < 4.78 is 32.0. The van der Waals surface area contributed by atoms with Gasteiger partial charge in [0.15, 0.2) is 23.1 Å². The summed E-state index contributed by atoms with van der Waals surface area (Å²) in [6.45, 7) is 0. The molecule has 8 rings (SSSR count). The van der Waals surface area contributed by atoms with Crippen LogP contribution < -0.4 is 10.4 Å². The monoisotopic (exact) mass is 530 g/mol. The zero-order chi connectivity index (χ0) is 25.9. The maximum atomic E-state index is 15.7. The number of halogens is 2. The van der Waals surface area contributed by atoms with Crippen LogP contribution in [0.3, 0.4) is 0 Å². The Morgan fingerprint density at radius 3 is 2.74 bits per heavy atom. The average Bonchev–Trinajstić information content (AvgIpc) is 3.66. The molecule has 7 nitrogen and oxygen atoms in total. The van der Waals surface area contributed by atoms with Crippen molar-refractivity contribution in [3.05, 3.63) is 92.9 Å². The number of pyridine rings is 1. The van der Waals surface area contributed by atoms with Crippen LogP contribution in [0.5, 0.6) is 5.75 Å². The third kappa shape index (κ3) is 2.63. The second-order valence-electron chi connectivity index (χ2n) is 10.3. The molecule has 2 aliphatic carbocycles. The molecule has 190 valence electrons. The van der Waals surface area contributed by atoms with E-state index in [1.165, 1.54) is 23.6 Å². The summed E-state index contributed by atoms with van der Waals surface area (Å²) in [5.74, 6) is -2.80.